The maximum absolute atomic E-state index is 6.91. The minimum Gasteiger partial charge on any atom is -0.457 e. The first-order chi connectivity index (χ1) is 22.9. The molecule has 228 valence electrons. The summed E-state index contributed by atoms with van der Waals surface area (Å²) in [5, 5.41) is 0. The van der Waals surface area contributed by atoms with Gasteiger partial charge in [-0.15, -0.1) is 0 Å². The van der Waals surface area contributed by atoms with Gasteiger partial charge in [-0.2, -0.15) is 0 Å². The standard InChI is InChI=1S/C41H35BN4O/c1-28-24-25-30(45-35-20-9-5-16-31(35)41(3,4)32-17-6-10-21-36(32)45)27-39(28)47-38-23-12-7-18-33(38)42-43-26-14-13-15-29(2)40-44-34-19-8-11-22-37(34)46(40)42/h5-27H,1-4H3/b14-13-,29-15+,43-26?. The highest BCUT2D eigenvalue weighted by Crippen LogP contribution is 2.52. The van der Waals surface area contributed by atoms with E-state index in [1.165, 1.54) is 22.5 Å². The SMILES string of the molecule is C/C1=C\C=C/C=NB(c2ccccc2Oc2cc(N3c4ccccc4C(C)(C)c4ccccc43)ccc2C)n2c1nc1ccccc12. The number of hydrogen-bond acceptors (Lipinski definition) is 4. The van der Waals surface area contributed by atoms with Crippen molar-refractivity contribution in [1.82, 2.24) is 9.46 Å². The second-order valence-corrected chi connectivity index (χ2v) is 12.8. The van der Waals surface area contributed by atoms with E-state index in [0.29, 0.717) is 0 Å². The first kappa shape index (κ1) is 28.8. The highest BCUT2D eigenvalue weighted by molar-refractivity contribution is 6.73. The van der Waals surface area contributed by atoms with E-state index in [1.54, 1.807) is 0 Å². The summed E-state index contributed by atoms with van der Waals surface area (Å²) < 4.78 is 9.13. The molecule has 0 atom stereocenters. The van der Waals surface area contributed by atoms with Crippen LogP contribution in [-0.4, -0.2) is 22.7 Å². The highest BCUT2D eigenvalue weighted by atomic mass is 16.5. The topological polar surface area (TPSA) is 42.6 Å². The molecular formula is C41H35BN4O. The molecule has 5 nitrogen and oxygen atoms in total. The second kappa shape index (κ2) is 11.3. The summed E-state index contributed by atoms with van der Waals surface area (Å²) in [7, 11) is 0. The van der Waals surface area contributed by atoms with Gasteiger partial charge in [-0.25, -0.2) is 4.98 Å². The van der Waals surface area contributed by atoms with Gasteiger partial charge in [0.05, 0.1) is 22.4 Å². The van der Waals surface area contributed by atoms with Gasteiger partial charge in [0.1, 0.15) is 17.3 Å². The largest absolute Gasteiger partial charge is 0.457 e. The quantitative estimate of drug-likeness (QED) is 0.187. The Morgan fingerprint density at radius 1 is 0.702 bits per heavy atom. The van der Waals surface area contributed by atoms with Gasteiger partial charge in [-0.3, -0.25) is 0 Å². The van der Waals surface area contributed by atoms with E-state index in [9.17, 15) is 0 Å². The molecule has 0 N–H and O–H groups in total. The van der Waals surface area contributed by atoms with E-state index in [2.05, 4.69) is 134 Å². The third kappa shape index (κ3) is 4.80. The lowest BCUT2D eigenvalue weighted by Gasteiger charge is -2.42. The molecule has 0 bridgehead atoms. The number of aromatic nitrogens is 2. The second-order valence-electron chi connectivity index (χ2n) is 12.8. The Kier molecular flexibility index (Phi) is 6.95. The Balaban J connectivity index is 1.25. The molecule has 2 aliphatic rings. The zero-order valence-corrected chi connectivity index (χ0v) is 27.1. The Hall–Kier alpha value is -5.62. The van der Waals surface area contributed by atoms with Gasteiger partial charge in [-0.05, 0) is 78.6 Å². The fraction of sp³-hybridized carbons (Fsp3) is 0.122. The maximum atomic E-state index is 6.91. The number of ether oxygens (including phenoxy) is 1. The smallest absolute Gasteiger partial charge is 0.439 e. The number of imidazole rings is 1. The first-order valence-corrected chi connectivity index (χ1v) is 16.1. The van der Waals surface area contributed by atoms with Crippen LogP contribution < -0.4 is 15.1 Å². The predicted molar refractivity (Wildman–Crippen MR) is 196 cm³/mol. The van der Waals surface area contributed by atoms with Gasteiger partial charge < -0.3 is 19.0 Å². The summed E-state index contributed by atoms with van der Waals surface area (Å²) >= 11 is 0. The van der Waals surface area contributed by atoms with Crippen molar-refractivity contribution in [3.05, 3.63) is 156 Å². The number of fused-ring (bicyclic) bond motifs is 5. The Morgan fingerprint density at radius 2 is 1.38 bits per heavy atom. The lowest BCUT2D eigenvalue weighted by Crippen LogP contribution is -2.38. The zero-order chi connectivity index (χ0) is 32.1. The molecule has 6 heteroatoms. The Bertz CT molecular complexity index is 2210. The number of allylic oxidation sites excluding steroid dienone is 4. The van der Waals surface area contributed by atoms with Gasteiger partial charge in [-0.1, -0.05) is 98.8 Å². The van der Waals surface area contributed by atoms with Crippen molar-refractivity contribution in [2.24, 2.45) is 4.90 Å². The summed E-state index contributed by atoms with van der Waals surface area (Å²) in [6.07, 6.45) is 7.94. The highest BCUT2D eigenvalue weighted by Gasteiger charge is 2.36. The average Bonchev–Trinajstić information content (AvgIpc) is 3.50. The van der Waals surface area contributed by atoms with E-state index in [4.69, 9.17) is 14.6 Å². The summed E-state index contributed by atoms with van der Waals surface area (Å²) in [5.74, 6) is 2.44. The minimum atomic E-state index is -0.383. The molecule has 1 aromatic heterocycles. The van der Waals surface area contributed by atoms with Gasteiger partial charge in [0.2, 0.25) is 0 Å². The molecule has 47 heavy (non-hydrogen) atoms. The third-order valence-electron chi connectivity index (χ3n) is 9.45. The van der Waals surface area contributed by atoms with Gasteiger partial charge in [0.25, 0.3) is 0 Å². The van der Waals surface area contributed by atoms with E-state index in [-0.39, 0.29) is 12.4 Å². The molecule has 0 saturated carbocycles. The van der Waals surface area contributed by atoms with Crippen molar-refractivity contribution >= 4 is 52.3 Å². The molecule has 0 fully saturated rings. The predicted octanol–water partition coefficient (Wildman–Crippen LogP) is 9.53. The molecule has 0 spiro atoms. The summed E-state index contributed by atoms with van der Waals surface area (Å²) in [5.41, 5.74) is 10.9. The van der Waals surface area contributed by atoms with Crippen molar-refractivity contribution < 1.29 is 4.74 Å². The average molecular weight is 611 g/mol. The van der Waals surface area contributed by atoms with Gasteiger partial charge in [0.15, 0.2) is 0 Å². The molecule has 0 aliphatic carbocycles. The summed E-state index contributed by atoms with van der Waals surface area (Å²) in [4.78, 5) is 12.5. The Labute approximate surface area is 276 Å². The monoisotopic (exact) mass is 610 g/mol. The van der Waals surface area contributed by atoms with Crippen LogP contribution in [0.2, 0.25) is 0 Å². The van der Waals surface area contributed by atoms with Crippen LogP contribution in [0.25, 0.3) is 16.6 Å². The van der Waals surface area contributed by atoms with E-state index in [1.807, 2.05) is 42.6 Å². The van der Waals surface area contributed by atoms with Crippen molar-refractivity contribution in [1.29, 1.82) is 0 Å². The maximum Gasteiger partial charge on any atom is 0.439 e. The molecule has 3 heterocycles. The van der Waals surface area contributed by atoms with Crippen molar-refractivity contribution in [2.75, 3.05) is 4.90 Å². The van der Waals surface area contributed by atoms with Gasteiger partial charge >= 0.3 is 6.98 Å². The summed E-state index contributed by atoms with van der Waals surface area (Å²) in [6, 6.07) is 40.4. The number of benzene rings is 5. The van der Waals surface area contributed by atoms with Crippen LogP contribution in [0, 0.1) is 6.92 Å². The van der Waals surface area contributed by atoms with Crippen LogP contribution in [0.1, 0.15) is 43.3 Å². The molecule has 0 radical (unpaired) electrons. The van der Waals surface area contributed by atoms with Crippen LogP contribution in [0.3, 0.4) is 0 Å². The third-order valence-corrected chi connectivity index (χ3v) is 9.45. The van der Waals surface area contributed by atoms with E-state index in [0.717, 1.165) is 50.6 Å². The number of nitrogens with zero attached hydrogens (tertiary/aromatic N) is 4. The molecule has 6 aromatic rings. The lowest BCUT2D eigenvalue weighted by molar-refractivity contribution is 0.482. The van der Waals surface area contributed by atoms with Crippen LogP contribution in [0.5, 0.6) is 11.5 Å². The minimum absolute atomic E-state index is 0.122. The molecule has 0 amide bonds. The van der Waals surface area contributed by atoms with Crippen molar-refractivity contribution in [3.63, 3.8) is 0 Å². The molecule has 0 saturated heterocycles. The molecular weight excluding hydrogens is 575 g/mol. The molecule has 0 unspecified atom stereocenters. The zero-order valence-electron chi connectivity index (χ0n) is 27.1. The van der Waals surface area contributed by atoms with E-state index < -0.39 is 0 Å². The lowest BCUT2D eigenvalue weighted by atomic mass is 9.67. The molecule has 5 aromatic carbocycles. The number of hydrogen-bond donors (Lipinski definition) is 0. The van der Waals surface area contributed by atoms with Crippen LogP contribution >= 0.6 is 0 Å². The van der Waals surface area contributed by atoms with E-state index >= 15 is 0 Å². The Morgan fingerprint density at radius 3 is 2.17 bits per heavy atom. The number of rotatable bonds is 4. The number of para-hydroxylation sites is 5. The van der Waals surface area contributed by atoms with Crippen LogP contribution in [0.15, 0.2) is 138 Å². The van der Waals surface area contributed by atoms with Crippen molar-refractivity contribution in [3.8, 4) is 11.5 Å². The van der Waals surface area contributed by atoms with Crippen LogP contribution in [0.4, 0.5) is 17.1 Å². The normalized spacial score (nSPS) is 16.6. The fourth-order valence-corrected chi connectivity index (χ4v) is 7.00. The van der Waals surface area contributed by atoms with Crippen molar-refractivity contribution in [2.45, 2.75) is 33.1 Å². The first-order valence-electron chi connectivity index (χ1n) is 16.1. The molecule has 8 rings (SSSR count). The number of anilines is 3. The van der Waals surface area contributed by atoms with Gasteiger partial charge in [0, 0.05) is 28.8 Å². The summed E-state index contributed by atoms with van der Waals surface area (Å²) in [6.45, 7) is 8.43. The fourth-order valence-electron chi connectivity index (χ4n) is 7.00. The molecule has 2 aliphatic heterocycles. The number of aryl methyl sites for hydroxylation is 1. The van der Waals surface area contributed by atoms with Crippen LogP contribution in [-0.2, 0) is 5.41 Å².